The number of benzene rings is 1. The third-order valence-electron chi connectivity index (χ3n) is 1.99. The van der Waals surface area contributed by atoms with Gasteiger partial charge in [0, 0.05) is 7.11 Å². The van der Waals surface area contributed by atoms with E-state index in [1.165, 1.54) is 6.08 Å². The predicted molar refractivity (Wildman–Crippen MR) is 63.0 cm³/mol. The van der Waals surface area contributed by atoms with Gasteiger partial charge in [-0.05, 0) is 23.8 Å². The van der Waals surface area contributed by atoms with Gasteiger partial charge in [-0.1, -0.05) is 12.1 Å². The van der Waals surface area contributed by atoms with Crippen molar-refractivity contribution >= 4 is 6.08 Å². The van der Waals surface area contributed by atoms with E-state index in [1.807, 2.05) is 12.1 Å². The quantitative estimate of drug-likeness (QED) is 0.572. The monoisotopic (exact) mass is 228 g/mol. The molecule has 1 rings (SSSR count). The lowest BCUT2D eigenvalue weighted by Crippen LogP contribution is -2.03. The lowest BCUT2D eigenvalue weighted by Gasteiger charge is -2.05. The van der Waals surface area contributed by atoms with E-state index in [-0.39, 0.29) is 5.57 Å². The molecule has 0 saturated heterocycles. The second-order valence-corrected chi connectivity index (χ2v) is 3.19. The molecule has 1 aromatic rings. The molecular weight excluding hydrogens is 216 g/mol. The average molecular weight is 228 g/mol. The standard InChI is InChI=1S/C13H12N2O2/c1-16-6-7-17-13-4-2-11(3-5-13)8-12(9-14)10-15/h2-5,8H,6-7H2,1H3. The fourth-order valence-corrected chi connectivity index (χ4v) is 1.16. The molecule has 86 valence electrons. The molecule has 4 nitrogen and oxygen atoms in total. The summed E-state index contributed by atoms with van der Waals surface area (Å²) in [5.74, 6) is 0.731. The van der Waals surface area contributed by atoms with E-state index >= 15 is 0 Å². The van der Waals surface area contributed by atoms with Crippen LogP contribution >= 0.6 is 0 Å². The van der Waals surface area contributed by atoms with E-state index in [1.54, 1.807) is 31.4 Å². The van der Waals surface area contributed by atoms with Gasteiger partial charge in [-0.15, -0.1) is 0 Å². The molecule has 0 bridgehead atoms. The zero-order valence-corrected chi connectivity index (χ0v) is 9.51. The summed E-state index contributed by atoms with van der Waals surface area (Å²) in [5.41, 5.74) is 0.875. The van der Waals surface area contributed by atoms with Crippen molar-refractivity contribution < 1.29 is 9.47 Å². The Labute approximate surface area is 100 Å². The van der Waals surface area contributed by atoms with Crippen molar-refractivity contribution in [3.63, 3.8) is 0 Å². The van der Waals surface area contributed by atoms with Gasteiger partial charge in [0.25, 0.3) is 0 Å². The zero-order chi connectivity index (χ0) is 12.5. The number of ether oxygens (including phenoxy) is 2. The average Bonchev–Trinajstić information content (AvgIpc) is 2.38. The minimum absolute atomic E-state index is 0.0815. The smallest absolute Gasteiger partial charge is 0.130 e. The van der Waals surface area contributed by atoms with Gasteiger partial charge in [-0.2, -0.15) is 10.5 Å². The maximum atomic E-state index is 8.61. The molecule has 0 amide bonds. The Bertz CT molecular complexity index is 448. The predicted octanol–water partition coefficient (Wildman–Crippen LogP) is 2.14. The van der Waals surface area contributed by atoms with E-state index in [0.29, 0.717) is 13.2 Å². The van der Waals surface area contributed by atoms with Crippen LogP contribution in [-0.2, 0) is 4.74 Å². The Kier molecular flexibility index (Phi) is 5.30. The Hall–Kier alpha value is -2.30. The van der Waals surface area contributed by atoms with Crippen molar-refractivity contribution in [2.75, 3.05) is 20.3 Å². The molecule has 0 aliphatic heterocycles. The van der Waals surface area contributed by atoms with Crippen LogP contribution in [0.2, 0.25) is 0 Å². The van der Waals surface area contributed by atoms with Crippen LogP contribution in [0, 0.1) is 22.7 Å². The van der Waals surface area contributed by atoms with Crippen molar-refractivity contribution in [2.45, 2.75) is 0 Å². The summed E-state index contributed by atoms with van der Waals surface area (Å²) >= 11 is 0. The summed E-state index contributed by atoms with van der Waals surface area (Å²) in [6.45, 7) is 1.03. The normalized spacial score (nSPS) is 8.88. The first kappa shape index (κ1) is 12.8. The summed E-state index contributed by atoms with van der Waals surface area (Å²) in [7, 11) is 1.61. The topological polar surface area (TPSA) is 66.0 Å². The molecule has 1 aromatic carbocycles. The molecular formula is C13H12N2O2. The highest BCUT2D eigenvalue weighted by Crippen LogP contribution is 2.14. The zero-order valence-electron chi connectivity index (χ0n) is 9.51. The highest BCUT2D eigenvalue weighted by molar-refractivity contribution is 5.62. The molecule has 0 heterocycles. The highest BCUT2D eigenvalue weighted by atomic mass is 16.5. The lowest BCUT2D eigenvalue weighted by atomic mass is 10.1. The van der Waals surface area contributed by atoms with E-state index in [2.05, 4.69) is 0 Å². The van der Waals surface area contributed by atoms with Crippen LogP contribution in [0.3, 0.4) is 0 Å². The van der Waals surface area contributed by atoms with Crippen molar-refractivity contribution in [2.24, 2.45) is 0 Å². The number of hydrogen-bond donors (Lipinski definition) is 0. The molecule has 4 heteroatoms. The number of hydrogen-bond acceptors (Lipinski definition) is 4. The van der Waals surface area contributed by atoms with Gasteiger partial charge in [-0.3, -0.25) is 0 Å². The summed E-state index contributed by atoms with van der Waals surface area (Å²) in [4.78, 5) is 0. The first-order valence-electron chi connectivity index (χ1n) is 5.04. The summed E-state index contributed by atoms with van der Waals surface area (Å²) in [5, 5.41) is 17.2. The van der Waals surface area contributed by atoms with E-state index in [0.717, 1.165) is 11.3 Å². The molecule has 0 aliphatic carbocycles. The van der Waals surface area contributed by atoms with Crippen molar-refractivity contribution in [3.05, 3.63) is 35.4 Å². The molecule has 0 aromatic heterocycles. The molecule has 0 aliphatic rings. The van der Waals surface area contributed by atoms with Crippen LogP contribution < -0.4 is 4.74 Å². The molecule has 0 atom stereocenters. The summed E-state index contributed by atoms with van der Waals surface area (Å²) < 4.78 is 10.2. The van der Waals surface area contributed by atoms with Crippen LogP contribution in [0.15, 0.2) is 29.8 Å². The molecule has 0 spiro atoms. The van der Waals surface area contributed by atoms with Crippen molar-refractivity contribution in [1.29, 1.82) is 10.5 Å². The minimum Gasteiger partial charge on any atom is -0.491 e. The van der Waals surface area contributed by atoms with Crippen LogP contribution in [0.5, 0.6) is 5.75 Å². The first-order chi connectivity index (χ1) is 8.30. The first-order valence-corrected chi connectivity index (χ1v) is 5.04. The second-order valence-electron chi connectivity index (χ2n) is 3.19. The van der Waals surface area contributed by atoms with Gasteiger partial charge >= 0.3 is 0 Å². The maximum absolute atomic E-state index is 8.61. The van der Waals surface area contributed by atoms with Crippen molar-refractivity contribution in [3.8, 4) is 17.9 Å². The maximum Gasteiger partial charge on any atom is 0.130 e. The van der Waals surface area contributed by atoms with Crippen LogP contribution in [0.4, 0.5) is 0 Å². The Morgan fingerprint density at radius 2 is 1.82 bits per heavy atom. The van der Waals surface area contributed by atoms with Gasteiger partial charge in [0.1, 0.15) is 30.1 Å². The Morgan fingerprint density at radius 3 is 2.35 bits per heavy atom. The Balaban J connectivity index is 2.66. The van der Waals surface area contributed by atoms with Crippen LogP contribution in [-0.4, -0.2) is 20.3 Å². The minimum atomic E-state index is 0.0815. The number of rotatable bonds is 5. The fraction of sp³-hybridized carbons (Fsp3) is 0.231. The van der Waals surface area contributed by atoms with Gasteiger partial charge < -0.3 is 9.47 Å². The largest absolute Gasteiger partial charge is 0.491 e. The number of methoxy groups -OCH3 is 1. The van der Waals surface area contributed by atoms with Crippen LogP contribution in [0.25, 0.3) is 6.08 Å². The van der Waals surface area contributed by atoms with Crippen LogP contribution in [0.1, 0.15) is 5.56 Å². The third-order valence-corrected chi connectivity index (χ3v) is 1.99. The highest BCUT2D eigenvalue weighted by Gasteiger charge is 1.96. The third kappa shape index (κ3) is 4.38. The van der Waals surface area contributed by atoms with E-state index in [9.17, 15) is 0 Å². The number of nitriles is 2. The van der Waals surface area contributed by atoms with Gasteiger partial charge in [0.15, 0.2) is 0 Å². The molecule has 0 radical (unpaired) electrons. The van der Waals surface area contributed by atoms with E-state index in [4.69, 9.17) is 20.0 Å². The van der Waals surface area contributed by atoms with E-state index < -0.39 is 0 Å². The summed E-state index contributed by atoms with van der Waals surface area (Å²) in [6.07, 6.45) is 1.53. The fourth-order valence-electron chi connectivity index (χ4n) is 1.16. The van der Waals surface area contributed by atoms with Gasteiger partial charge in [0.05, 0.1) is 6.61 Å². The molecule has 0 unspecified atom stereocenters. The SMILES string of the molecule is COCCOc1ccc(C=C(C#N)C#N)cc1. The summed E-state index contributed by atoms with van der Waals surface area (Å²) in [6, 6.07) is 10.8. The second kappa shape index (κ2) is 7.05. The van der Waals surface area contributed by atoms with Crippen molar-refractivity contribution in [1.82, 2.24) is 0 Å². The lowest BCUT2D eigenvalue weighted by molar-refractivity contribution is 0.146. The molecule has 17 heavy (non-hydrogen) atoms. The van der Waals surface area contributed by atoms with Gasteiger partial charge in [-0.25, -0.2) is 0 Å². The molecule has 0 saturated carbocycles. The molecule has 0 N–H and O–H groups in total. The Morgan fingerprint density at radius 1 is 1.18 bits per heavy atom. The number of nitrogens with zero attached hydrogens (tertiary/aromatic N) is 2. The number of allylic oxidation sites excluding steroid dienone is 1. The molecule has 0 fully saturated rings. The van der Waals surface area contributed by atoms with Gasteiger partial charge in [0.2, 0.25) is 0 Å².